The van der Waals surface area contributed by atoms with E-state index in [0.29, 0.717) is 33.0 Å². The fourth-order valence-electron chi connectivity index (χ4n) is 4.48. The van der Waals surface area contributed by atoms with Gasteiger partial charge in [0.15, 0.2) is 0 Å². The first-order chi connectivity index (χ1) is 19.5. The van der Waals surface area contributed by atoms with Crippen molar-refractivity contribution in [1.82, 2.24) is 0 Å². The maximum Gasteiger partial charge on any atom is 0.469 e. The van der Waals surface area contributed by atoms with E-state index in [2.05, 4.69) is 11.4 Å². The maximum absolute atomic E-state index is 10.6. The Balaban J connectivity index is 2.04. The van der Waals surface area contributed by atoms with Crippen LogP contribution in [0.2, 0.25) is 0 Å². The van der Waals surface area contributed by atoms with Crippen LogP contribution in [-0.4, -0.2) is 62.1 Å². The molecule has 9 heteroatoms. The Labute approximate surface area is 243 Å². The molecule has 1 aromatic rings. The second-order valence-electron chi connectivity index (χ2n) is 10.4. The molecular formula is C31H57O8P. The molecule has 0 spiro atoms. The van der Waals surface area contributed by atoms with Gasteiger partial charge >= 0.3 is 7.82 Å². The lowest BCUT2D eigenvalue weighted by molar-refractivity contribution is -0.00956. The fourth-order valence-corrected chi connectivity index (χ4v) is 4.79. The quantitative estimate of drug-likeness (QED) is 0.0692. The molecular weight excluding hydrogens is 531 g/mol. The molecule has 40 heavy (non-hydrogen) atoms. The molecule has 0 saturated carbocycles. The van der Waals surface area contributed by atoms with Gasteiger partial charge in [-0.05, 0) is 25.0 Å². The average Bonchev–Trinajstić information content (AvgIpc) is 2.93. The fraction of sp³-hybridized carbons (Fsp3) is 0.806. The Hall–Kier alpha value is -0.990. The van der Waals surface area contributed by atoms with Crippen LogP contribution in [-0.2, 0) is 23.3 Å². The Morgan fingerprint density at radius 2 is 1.07 bits per heavy atom. The number of ether oxygens (including phenoxy) is 4. The normalized spacial score (nSPS) is 12.6. The van der Waals surface area contributed by atoms with Crippen LogP contribution in [0.25, 0.3) is 0 Å². The highest BCUT2D eigenvalue weighted by Gasteiger charge is 2.13. The molecule has 234 valence electrons. The summed E-state index contributed by atoms with van der Waals surface area (Å²) in [5.74, 6) is 0.869. The molecule has 0 aliphatic rings. The molecule has 8 nitrogen and oxygen atoms in total. The van der Waals surface area contributed by atoms with Crippen molar-refractivity contribution in [3.63, 3.8) is 0 Å². The number of phosphoric ester groups is 1. The molecule has 1 unspecified atom stereocenters. The van der Waals surface area contributed by atoms with Crippen LogP contribution in [0, 0.1) is 0 Å². The average molecular weight is 589 g/mol. The summed E-state index contributed by atoms with van der Waals surface area (Å²) in [7, 11) is -4.43. The summed E-state index contributed by atoms with van der Waals surface area (Å²) in [4.78, 5) is 17.2. The Morgan fingerprint density at radius 3 is 1.57 bits per heavy atom. The van der Waals surface area contributed by atoms with Crippen LogP contribution >= 0.6 is 7.82 Å². The predicted octanol–water partition coefficient (Wildman–Crippen LogP) is 7.85. The summed E-state index contributed by atoms with van der Waals surface area (Å²) in [6, 6.07) is 9.91. The Kier molecular flexibility index (Phi) is 24.9. The number of para-hydroxylation sites is 1. The van der Waals surface area contributed by atoms with Gasteiger partial charge < -0.3 is 28.7 Å². The summed E-state index contributed by atoms with van der Waals surface area (Å²) in [6.45, 7) is 4.35. The van der Waals surface area contributed by atoms with Crippen molar-refractivity contribution in [3.05, 3.63) is 30.3 Å². The second kappa shape index (κ2) is 26.9. The number of hydrogen-bond donors (Lipinski definition) is 2. The smallest absolute Gasteiger partial charge is 0.469 e. The molecule has 2 N–H and O–H groups in total. The van der Waals surface area contributed by atoms with Gasteiger partial charge in [0.05, 0.1) is 46.2 Å². The minimum absolute atomic E-state index is 0.0155. The molecule has 0 aliphatic carbocycles. The molecule has 1 aromatic carbocycles. The zero-order valence-electron chi connectivity index (χ0n) is 25.0. The van der Waals surface area contributed by atoms with Crippen molar-refractivity contribution >= 4 is 7.82 Å². The summed E-state index contributed by atoms with van der Waals surface area (Å²) in [5, 5.41) is 0. The van der Waals surface area contributed by atoms with Crippen LogP contribution in [0.5, 0.6) is 5.75 Å². The zero-order chi connectivity index (χ0) is 29.0. The lowest BCUT2D eigenvalue weighted by Crippen LogP contribution is -2.24. The first kappa shape index (κ1) is 37.0. The molecule has 0 aliphatic heterocycles. The Morgan fingerprint density at radius 1 is 0.625 bits per heavy atom. The van der Waals surface area contributed by atoms with E-state index >= 15 is 0 Å². The molecule has 0 aromatic heterocycles. The number of unbranched alkanes of at least 4 members (excludes halogenated alkanes) is 14. The van der Waals surface area contributed by atoms with Crippen LogP contribution in [0.15, 0.2) is 30.3 Å². The van der Waals surface area contributed by atoms with Crippen LogP contribution < -0.4 is 4.74 Å². The first-order valence-electron chi connectivity index (χ1n) is 15.7. The van der Waals surface area contributed by atoms with Crippen LogP contribution in [0.4, 0.5) is 0 Å². The summed E-state index contributed by atoms with van der Waals surface area (Å²) < 4.78 is 37.6. The van der Waals surface area contributed by atoms with Crippen molar-refractivity contribution in [1.29, 1.82) is 0 Å². The van der Waals surface area contributed by atoms with Crippen molar-refractivity contribution in [2.24, 2.45) is 0 Å². The number of rotatable bonds is 30. The van der Waals surface area contributed by atoms with Crippen molar-refractivity contribution in [2.45, 2.75) is 116 Å². The van der Waals surface area contributed by atoms with Gasteiger partial charge in [0, 0.05) is 0 Å². The number of hydrogen-bond acceptors (Lipinski definition) is 6. The van der Waals surface area contributed by atoms with E-state index < -0.39 is 7.82 Å². The van der Waals surface area contributed by atoms with Crippen molar-refractivity contribution in [3.8, 4) is 5.75 Å². The van der Waals surface area contributed by atoms with Crippen LogP contribution in [0.1, 0.15) is 110 Å². The van der Waals surface area contributed by atoms with E-state index in [4.69, 9.17) is 28.7 Å². The van der Waals surface area contributed by atoms with Gasteiger partial charge in [-0.2, -0.15) is 0 Å². The largest absolute Gasteiger partial charge is 0.488 e. The first-order valence-corrected chi connectivity index (χ1v) is 17.2. The lowest BCUT2D eigenvalue weighted by atomic mass is 10.0. The third kappa shape index (κ3) is 25.9. The summed E-state index contributed by atoms with van der Waals surface area (Å²) in [5.41, 5.74) is 0. The predicted molar refractivity (Wildman–Crippen MR) is 161 cm³/mol. The molecule has 0 amide bonds. The molecule has 0 radical (unpaired) electrons. The second-order valence-corrected chi connectivity index (χ2v) is 11.7. The summed E-state index contributed by atoms with van der Waals surface area (Å²) in [6.07, 6.45) is 21.3. The Bertz CT molecular complexity index is 700. The molecule has 0 saturated heterocycles. The van der Waals surface area contributed by atoms with Crippen LogP contribution in [0.3, 0.4) is 0 Å². The third-order valence-corrected chi connectivity index (χ3v) is 7.23. The minimum Gasteiger partial charge on any atom is -0.488 e. The van der Waals surface area contributed by atoms with Gasteiger partial charge in [0.2, 0.25) is 0 Å². The van der Waals surface area contributed by atoms with Crippen molar-refractivity contribution in [2.75, 3.05) is 46.2 Å². The minimum atomic E-state index is -4.43. The molecule has 1 atom stereocenters. The van der Waals surface area contributed by atoms with E-state index in [-0.39, 0.29) is 19.3 Å². The van der Waals surface area contributed by atoms with Gasteiger partial charge in [-0.3, -0.25) is 4.52 Å². The zero-order valence-corrected chi connectivity index (χ0v) is 25.9. The van der Waals surface area contributed by atoms with Gasteiger partial charge in [-0.15, -0.1) is 0 Å². The number of phosphoric acid groups is 1. The van der Waals surface area contributed by atoms with E-state index in [0.717, 1.165) is 18.6 Å². The van der Waals surface area contributed by atoms with Gasteiger partial charge in [-0.25, -0.2) is 4.57 Å². The van der Waals surface area contributed by atoms with E-state index in [1.54, 1.807) is 0 Å². The van der Waals surface area contributed by atoms with Gasteiger partial charge in [-0.1, -0.05) is 115 Å². The lowest BCUT2D eigenvalue weighted by Gasteiger charge is -2.19. The topological polar surface area (TPSA) is 104 Å². The van der Waals surface area contributed by atoms with E-state index in [1.165, 1.54) is 89.9 Å². The number of benzene rings is 1. The van der Waals surface area contributed by atoms with Gasteiger partial charge in [0.1, 0.15) is 11.9 Å². The summed E-state index contributed by atoms with van der Waals surface area (Å²) >= 11 is 0. The highest BCUT2D eigenvalue weighted by Crippen LogP contribution is 2.35. The van der Waals surface area contributed by atoms with Crippen molar-refractivity contribution < 1.29 is 37.8 Å². The molecule has 0 fully saturated rings. The van der Waals surface area contributed by atoms with E-state index in [9.17, 15) is 4.57 Å². The highest BCUT2D eigenvalue weighted by atomic mass is 31.2. The molecule has 1 rings (SSSR count). The molecule has 0 heterocycles. The molecule has 0 bridgehead atoms. The monoisotopic (exact) mass is 588 g/mol. The van der Waals surface area contributed by atoms with Gasteiger partial charge in [0.25, 0.3) is 0 Å². The maximum atomic E-state index is 10.6. The van der Waals surface area contributed by atoms with E-state index in [1.807, 2.05) is 30.3 Å². The standard InChI is InChI=1S/C31H57O8P/c1-2-3-4-5-6-7-8-9-10-11-12-13-14-15-17-22-31(39-30-20-18-16-19-21-30)29-37-26-25-35-23-24-36-27-28-38-40(32,33)34/h16,18-21,31H,2-15,17,22-29H2,1H3,(H2,32,33,34). The third-order valence-electron chi connectivity index (χ3n) is 6.71. The highest BCUT2D eigenvalue weighted by molar-refractivity contribution is 7.46. The SMILES string of the molecule is CCCCCCCCCCCCCCCCCC(COCCOCCOCCOP(=O)(O)O)Oc1ccccc1.